The number of guanidine groups is 1. The minimum atomic E-state index is 0.387. The van der Waals surface area contributed by atoms with Crippen molar-refractivity contribution in [3.63, 3.8) is 0 Å². The third-order valence-electron chi connectivity index (χ3n) is 4.79. The minimum absolute atomic E-state index is 0.387. The molecule has 2 N–H and O–H groups in total. The second kappa shape index (κ2) is 9.69. The van der Waals surface area contributed by atoms with E-state index >= 15 is 0 Å². The summed E-state index contributed by atoms with van der Waals surface area (Å²) in [7, 11) is 1.83. The number of thiazole rings is 1. The molecule has 1 aliphatic rings. The van der Waals surface area contributed by atoms with Crippen molar-refractivity contribution >= 4 is 17.3 Å². The molecule has 1 unspecified atom stereocenters. The smallest absolute Gasteiger partial charge is 0.191 e. The summed E-state index contributed by atoms with van der Waals surface area (Å²) in [5.41, 5.74) is 2.52. The standard InChI is InChI=1S/C20H29N5S/c1-16-24-18(15-26-16)10-11-22-20(21-2)23-14-19(25-12-6-7-13-25)17-8-4-3-5-9-17/h3-5,8-9,15,19H,6-7,10-14H2,1-2H3,(H2,21,22,23). The molecule has 2 heterocycles. The van der Waals surface area contributed by atoms with Gasteiger partial charge in [0.25, 0.3) is 0 Å². The van der Waals surface area contributed by atoms with Gasteiger partial charge in [-0.25, -0.2) is 4.98 Å². The number of benzene rings is 1. The van der Waals surface area contributed by atoms with E-state index in [1.807, 2.05) is 14.0 Å². The Morgan fingerprint density at radius 2 is 2.00 bits per heavy atom. The number of aliphatic imine (C=N–C) groups is 1. The number of nitrogens with zero attached hydrogens (tertiary/aromatic N) is 3. The Labute approximate surface area is 160 Å². The van der Waals surface area contributed by atoms with Crippen molar-refractivity contribution in [2.24, 2.45) is 4.99 Å². The van der Waals surface area contributed by atoms with Crippen LogP contribution in [0.5, 0.6) is 0 Å². The summed E-state index contributed by atoms with van der Waals surface area (Å²) >= 11 is 1.70. The fourth-order valence-corrected chi connectivity index (χ4v) is 4.08. The highest BCUT2D eigenvalue weighted by Crippen LogP contribution is 2.24. The van der Waals surface area contributed by atoms with Gasteiger partial charge in [-0.2, -0.15) is 0 Å². The summed E-state index contributed by atoms with van der Waals surface area (Å²) in [5.74, 6) is 0.858. The van der Waals surface area contributed by atoms with Crippen LogP contribution in [0.1, 0.15) is 35.1 Å². The van der Waals surface area contributed by atoms with Gasteiger partial charge in [0.05, 0.1) is 16.7 Å². The highest BCUT2D eigenvalue weighted by Gasteiger charge is 2.23. The summed E-state index contributed by atoms with van der Waals surface area (Å²) in [4.78, 5) is 11.5. The maximum Gasteiger partial charge on any atom is 0.191 e. The Morgan fingerprint density at radius 1 is 1.23 bits per heavy atom. The lowest BCUT2D eigenvalue weighted by Gasteiger charge is -2.29. The molecule has 0 radical (unpaired) electrons. The van der Waals surface area contributed by atoms with Gasteiger partial charge in [-0.3, -0.25) is 9.89 Å². The second-order valence-corrected chi connectivity index (χ2v) is 7.72. The van der Waals surface area contributed by atoms with Gasteiger partial charge >= 0.3 is 0 Å². The number of likely N-dealkylation sites (tertiary alicyclic amines) is 1. The average Bonchev–Trinajstić information content (AvgIpc) is 3.33. The predicted molar refractivity (Wildman–Crippen MR) is 110 cm³/mol. The average molecular weight is 372 g/mol. The van der Waals surface area contributed by atoms with Crippen LogP contribution in [0.15, 0.2) is 40.7 Å². The number of aryl methyl sites for hydroxylation is 1. The molecule has 0 bridgehead atoms. The molecule has 0 saturated carbocycles. The largest absolute Gasteiger partial charge is 0.356 e. The van der Waals surface area contributed by atoms with Crippen molar-refractivity contribution in [2.45, 2.75) is 32.2 Å². The van der Waals surface area contributed by atoms with Crippen molar-refractivity contribution in [2.75, 3.05) is 33.2 Å². The highest BCUT2D eigenvalue weighted by molar-refractivity contribution is 7.09. The summed E-state index contributed by atoms with van der Waals surface area (Å²) < 4.78 is 0. The van der Waals surface area contributed by atoms with Gasteiger partial charge in [0.15, 0.2) is 5.96 Å². The van der Waals surface area contributed by atoms with Crippen LogP contribution >= 0.6 is 11.3 Å². The molecule has 26 heavy (non-hydrogen) atoms. The molecule has 1 aromatic carbocycles. The molecular formula is C20H29N5S. The van der Waals surface area contributed by atoms with E-state index in [1.54, 1.807) is 11.3 Å². The number of hydrogen-bond acceptors (Lipinski definition) is 4. The summed E-state index contributed by atoms with van der Waals surface area (Å²) in [6, 6.07) is 11.2. The zero-order chi connectivity index (χ0) is 18.2. The Morgan fingerprint density at radius 3 is 2.65 bits per heavy atom. The lowest BCUT2D eigenvalue weighted by Crippen LogP contribution is -2.43. The maximum absolute atomic E-state index is 4.51. The molecule has 6 heteroatoms. The second-order valence-electron chi connectivity index (χ2n) is 6.66. The molecule has 0 aliphatic carbocycles. The third kappa shape index (κ3) is 5.29. The van der Waals surface area contributed by atoms with E-state index in [-0.39, 0.29) is 0 Å². The normalized spacial score (nSPS) is 16.6. The van der Waals surface area contributed by atoms with Crippen molar-refractivity contribution in [3.8, 4) is 0 Å². The Hall–Kier alpha value is -1.92. The van der Waals surface area contributed by atoms with Crippen molar-refractivity contribution < 1.29 is 0 Å². The van der Waals surface area contributed by atoms with Gasteiger partial charge in [-0.15, -0.1) is 11.3 Å². The van der Waals surface area contributed by atoms with Crippen LogP contribution in [0.25, 0.3) is 0 Å². The van der Waals surface area contributed by atoms with E-state index in [4.69, 9.17) is 0 Å². The van der Waals surface area contributed by atoms with E-state index < -0.39 is 0 Å². The number of rotatable bonds is 7. The first-order valence-electron chi connectivity index (χ1n) is 9.41. The third-order valence-corrected chi connectivity index (χ3v) is 5.61. The molecule has 0 amide bonds. The first-order valence-corrected chi connectivity index (χ1v) is 10.3. The Bertz CT molecular complexity index is 691. The zero-order valence-electron chi connectivity index (χ0n) is 15.7. The van der Waals surface area contributed by atoms with Gasteiger partial charge < -0.3 is 10.6 Å². The molecule has 2 aromatic rings. The van der Waals surface area contributed by atoms with E-state index in [2.05, 4.69) is 61.2 Å². The van der Waals surface area contributed by atoms with Crippen molar-refractivity contribution in [1.29, 1.82) is 0 Å². The van der Waals surface area contributed by atoms with Crippen LogP contribution in [0.3, 0.4) is 0 Å². The molecule has 1 atom stereocenters. The van der Waals surface area contributed by atoms with E-state index in [9.17, 15) is 0 Å². The minimum Gasteiger partial charge on any atom is -0.356 e. The summed E-state index contributed by atoms with van der Waals surface area (Å²) in [5, 5.41) is 10.2. The number of hydrogen-bond donors (Lipinski definition) is 2. The van der Waals surface area contributed by atoms with Crippen molar-refractivity contribution in [1.82, 2.24) is 20.5 Å². The summed E-state index contributed by atoms with van der Waals surface area (Å²) in [6.45, 7) is 6.10. The molecule has 5 nitrogen and oxygen atoms in total. The predicted octanol–water partition coefficient (Wildman–Crippen LogP) is 3.00. The molecule has 1 aliphatic heterocycles. The molecule has 0 spiro atoms. The fraction of sp³-hybridized carbons (Fsp3) is 0.500. The molecule has 1 aromatic heterocycles. The topological polar surface area (TPSA) is 52.6 Å². The Balaban J connectivity index is 1.53. The summed E-state index contributed by atoms with van der Waals surface area (Å²) in [6.07, 6.45) is 3.51. The first-order chi connectivity index (χ1) is 12.8. The quantitative estimate of drug-likeness (QED) is 0.580. The fourth-order valence-electron chi connectivity index (χ4n) is 3.43. The van der Waals surface area contributed by atoms with E-state index in [0.29, 0.717) is 6.04 Å². The van der Waals surface area contributed by atoms with Gasteiger partial charge in [0.2, 0.25) is 0 Å². The first kappa shape index (κ1) is 18.9. The Kier molecular flexibility index (Phi) is 7.03. The van der Waals surface area contributed by atoms with Crippen LogP contribution in [-0.2, 0) is 6.42 Å². The van der Waals surface area contributed by atoms with Crippen LogP contribution in [0.4, 0.5) is 0 Å². The highest BCUT2D eigenvalue weighted by atomic mass is 32.1. The van der Waals surface area contributed by atoms with E-state index in [1.165, 1.54) is 31.5 Å². The maximum atomic E-state index is 4.51. The van der Waals surface area contributed by atoms with Crippen LogP contribution in [0.2, 0.25) is 0 Å². The molecule has 1 fully saturated rings. The van der Waals surface area contributed by atoms with Crippen LogP contribution < -0.4 is 10.6 Å². The lowest BCUT2D eigenvalue weighted by atomic mass is 10.1. The zero-order valence-corrected chi connectivity index (χ0v) is 16.6. The van der Waals surface area contributed by atoms with Crippen LogP contribution in [-0.4, -0.2) is 49.1 Å². The van der Waals surface area contributed by atoms with Crippen LogP contribution in [0, 0.1) is 6.92 Å². The number of aromatic nitrogens is 1. The monoisotopic (exact) mass is 371 g/mol. The van der Waals surface area contributed by atoms with Gasteiger partial charge in [-0.05, 0) is 38.4 Å². The molecular weight excluding hydrogens is 342 g/mol. The van der Waals surface area contributed by atoms with E-state index in [0.717, 1.165) is 36.2 Å². The SMILES string of the molecule is CN=C(NCCc1csc(C)n1)NCC(c1ccccc1)N1CCCC1. The molecule has 3 rings (SSSR count). The van der Waals surface area contributed by atoms with Crippen molar-refractivity contribution in [3.05, 3.63) is 52.0 Å². The van der Waals surface area contributed by atoms with Gasteiger partial charge in [0.1, 0.15) is 0 Å². The lowest BCUT2D eigenvalue weighted by molar-refractivity contribution is 0.245. The molecule has 140 valence electrons. The van der Waals surface area contributed by atoms with Gasteiger partial charge in [-0.1, -0.05) is 30.3 Å². The van der Waals surface area contributed by atoms with Gasteiger partial charge in [0, 0.05) is 31.9 Å². The number of nitrogens with one attached hydrogen (secondary N) is 2. The molecule has 1 saturated heterocycles.